The summed E-state index contributed by atoms with van der Waals surface area (Å²) < 4.78 is 1.98. The molecule has 0 saturated carbocycles. The number of hydrogen-bond donors (Lipinski definition) is 0. The molecule has 0 bridgehead atoms. The molecule has 0 amide bonds. The topological polar surface area (TPSA) is 30.7 Å². The summed E-state index contributed by atoms with van der Waals surface area (Å²) in [4.78, 5) is 4.44. The Labute approximate surface area is 147 Å². The van der Waals surface area contributed by atoms with Crippen LogP contribution in [0.3, 0.4) is 0 Å². The summed E-state index contributed by atoms with van der Waals surface area (Å²) in [5.74, 6) is 0.990. The molecular weight excluding hydrogens is 417 g/mol. The van der Waals surface area contributed by atoms with Gasteiger partial charge in [-0.2, -0.15) is 5.10 Å². The second kappa shape index (κ2) is 7.25. The molecule has 0 saturated heterocycles. The van der Waals surface area contributed by atoms with Crippen LogP contribution in [-0.4, -0.2) is 25.4 Å². The summed E-state index contributed by atoms with van der Waals surface area (Å²) in [6.45, 7) is 4.23. The Morgan fingerprint density at radius 2 is 2.00 bits per heavy atom. The van der Waals surface area contributed by atoms with Crippen molar-refractivity contribution in [3.05, 3.63) is 47.0 Å². The van der Waals surface area contributed by atoms with E-state index in [2.05, 4.69) is 61.9 Å². The predicted molar refractivity (Wildman–Crippen MR) is 94.8 cm³/mol. The quantitative estimate of drug-likeness (QED) is 0.611. The molecule has 1 aromatic heterocycles. The van der Waals surface area contributed by atoms with E-state index < -0.39 is 0 Å². The highest BCUT2D eigenvalue weighted by atomic mass is 79.9. The maximum Gasteiger partial charge on any atom is 0.138 e. The number of halogens is 3. The van der Waals surface area contributed by atoms with E-state index in [1.165, 1.54) is 5.56 Å². The van der Waals surface area contributed by atoms with Gasteiger partial charge in [0.1, 0.15) is 12.2 Å². The van der Waals surface area contributed by atoms with Crippen molar-refractivity contribution >= 4 is 43.5 Å². The minimum absolute atomic E-state index is 0.107. The Kier molecular flexibility index (Phi) is 5.86. The first-order chi connectivity index (χ1) is 10.0. The normalized spacial score (nSPS) is 12.1. The lowest BCUT2D eigenvalue weighted by molar-refractivity contribution is 0.460. The maximum absolute atomic E-state index is 6.16. The van der Waals surface area contributed by atoms with Crippen LogP contribution in [0, 0.1) is 0 Å². The van der Waals surface area contributed by atoms with E-state index in [-0.39, 0.29) is 5.41 Å². The number of benzene rings is 1. The molecule has 0 radical (unpaired) electrons. The van der Waals surface area contributed by atoms with E-state index in [9.17, 15) is 0 Å². The fraction of sp³-hybridized carbons (Fsp3) is 0.467. The molecule has 6 heteroatoms. The Bertz CT molecular complexity index is 594. The van der Waals surface area contributed by atoms with Gasteiger partial charge in [-0.15, -0.1) is 0 Å². The molecule has 0 unspecified atom stereocenters. The van der Waals surface area contributed by atoms with Crippen LogP contribution in [0.5, 0.6) is 0 Å². The molecule has 0 aliphatic heterocycles. The van der Waals surface area contributed by atoms with Gasteiger partial charge in [0.25, 0.3) is 0 Å². The fourth-order valence-electron chi connectivity index (χ4n) is 2.34. The molecule has 2 aromatic rings. The molecule has 2 rings (SSSR count). The van der Waals surface area contributed by atoms with E-state index in [0.717, 1.165) is 27.9 Å². The number of alkyl halides is 2. The molecule has 1 heterocycles. The largest absolute Gasteiger partial charge is 0.248 e. The summed E-state index contributed by atoms with van der Waals surface area (Å²) in [5.41, 5.74) is 1.09. The van der Waals surface area contributed by atoms with Gasteiger partial charge in [0, 0.05) is 33.6 Å². The molecule has 0 aliphatic rings. The van der Waals surface area contributed by atoms with Crippen LogP contribution in [0.2, 0.25) is 5.02 Å². The second-order valence-electron chi connectivity index (χ2n) is 5.45. The SMILES string of the molecule is CC(C)n1ncnc1CC(CBr)(CBr)c1cccc(Cl)c1. The molecule has 0 fully saturated rings. The molecule has 0 N–H and O–H groups in total. The van der Waals surface area contributed by atoms with Crippen LogP contribution in [0.1, 0.15) is 31.3 Å². The predicted octanol–water partition coefficient (Wildman–Crippen LogP) is 4.78. The molecule has 114 valence electrons. The van der Waals surface area contributed by atoms with Gasteiger partial charge in [0.15, 0.2) is 0 Å². The van der Waals surface area contributed by atoms with Crippen molar-refractivity contribution in [2.75, 3.05) is 10.7 Å². The summed E-state index contributed by atoms with van der Waals surface area (Å²) >= 11 is 13.5. The van der Waals surface area contributed by atoms with Crippen molar-refractivity contribution < 1.29 is 0 Å². The third kappa shape index (κ3) is 3.69. The van der Waals surface area contributed by atoms with E-state index >= 15 is 0 Å². The van der Waals surface area contributed by atoms with E-state index in [1.807, 2.05) is 22.9 Å². The third-order valence-corrected chi connectivity index (χ3v) is 5.96. The molecule has 3 nitrogen and oxygen atoms in total. The Hall–Kier alpha value is -0.390. The van der Waals surface area contributed by atoms with Crippen LogP contribution < -0.4 is 0 Å². The summed E-state index contributed by atoms with van der Waals surface area (Å²) in [5, 5.41) is 6.71. The van der Waals surface area contributed by atoms with Crippen LogP contribution in [0.15, 0.2) is 30.6 Å². The van der Waals surface area contributed by atoms with Crippen molar-refractivity contribution in [2.24, 2.45) is 0 Å². The number of rotatable bonds is 6. The minimum Gasteiger partial charge on any atom is -0.248 e. The molecule has 0 spiro atoms. The van der Waals surface area contributed by atoms with Gasteiger partial charge < -0.3 is 0 Å². The average Bonchev–Trinajstić information content (AvgIpc) is 2.93. The lowest BCUT2D eigenvalue weighted by Gasteiger charge is -2.31. The van der Waals surface area contributed by atoms with Gasteiger partial charge in [-0.05, 0) is 31.5 Å². The highest BCUT2D eigenvalue weighted by Gasteiger charge is 2.32. The van der Waals surface area contributed by atoms with Crippen LogP contribution >= 0.6 is 43.5 Å². The first kappa shape index (κ1) is 17.0. The molecule has 0 aliphatic carbocycles. The number of aromatic nitrogens is 3. The van der Waals surface area contributed by atoms with Crippen molar-refractivity contribution in [2.45, 2.75) is 31.7 Å². The lowest BCUT2D eigenvalue weighted by atomic mass is 9.81. The summed E-state index contributed by atoms with van der Waals surface area (Å²) in [7, 11) is 0. The highest BCUT2D eigenvalue weighted by molar-refractivity contribution is 9.09. The van der Waals surface area contributed by atoms with Gasteiger partial charge in [-0.1, -0.05) is 55.6 Å². The van der Waals surface area contributed by atoms with E-state index in [0.29, 0.717) is 6.04 Å². The second-order valence-corrected chi connectivity index (χ2v) is 7.01. The van der Waals surface area contributed by atoms with Gasteiger partial charge in [0.05, 0.1) is 0 Å². The summed E-state index contributed by atoms with van der Waals surface area (Å²) in [6, 6.07) is 8.33. The average molecular weight is 436 g/mol. The van der Waals surface area contributed by atoms with E-state index in [4.69, 9.17) is 11.6 Å². The van der Waals surface area contributed by atoms with Crippen LogP contribution in [0.25, 0.3) is 0 Å². The fourth-order valence-corrected chi connectivity index (χ4v) is 4.50. The standard InChI is InChI=1S/C15H18Br2ClN3/c1-11(2)21-14(19-10-20-21)7-15(8-16,9-17)12-4-3-5-13(18)6-12/h3-6,10-11H,7-9H2,1-2H3. The first-order valence-electron chi connectivity index (χ1n) is 6.79. The lowest BCUT2D eigenvalue weighted by Crippen LogP contribution is -2.34. The highest BCUT2D eigenvalue weighted by Crippen LogP contribution is 2.34. The van der Waals surface area contributed by atoms with Crippen molar-refractivity contribution in [3.63, 3.8) is 0 Å². The first-order valence-corrected chi connectivity index (χ1v) is 9.41. The van der Waals surface area contributed by atoms with Crippen molar-refractivity contribution in [1.82, 2.24) is 14.8 Å². The van der Waals surface area contributed by atoms with Crippen LogP contribution in [-0.2, 0) is 11.8 Å². The number of hydrogen-bond acceptors (Lipinski definition) is 2. The molecule has 1 aromatic carbocycles. The minimum atomic E-state index is -0.107. The maximum atomic E-state index is 6.16. The Balaban J connectivity index is 2.41. The zero-order chi connectivity index (χ0) is 15.5. The number of nitrogens with zero attached hydrogens (tertiary/aromatic N) is 3. The van der Waals surface area contributed by atoms with E-state index in [1.54, 1.807) is 6.33 Å². The van der Waals surface area contributed by atoms with Gasteiger partial charge in [0.2, 0.25) is 0 Å². The van der Waals surface area contributed by atoms with Gasteiger partial charge >= 0.3 is 0 Å². The van der Waals surface area contributed by atoms with Gasteiger partial charge in [-0.3, -0.25) is 0 Å². The summed E-state index contributed by atoms with van der Waals surface area (Å²) in [6.07, 6.45) is 2.42. The van der Waals surface area contributed by atoms with Crippen LogP contribution in [0.4, 0.5) is 0 Å². The smallest absolute Gasteiger partial charge is 0.138 e. The monoisotopic (exact) mass is 433 g/mol. The molecular formula is C15H18Br2ClN3. The third-order valence-electron chi connectivity index (χ3n) is 3.58. The Morgan fingerprint density at radius 3 is 2.57 bits per heavy atom. The van der Waals surface area contributed by atoms with Crippen molar-refractivity contribution in [1.29, 1.82) is 0 Å². The van der Waals surface area contributed by atoms with Gasteiger partial charge in [-0.25, -0.2) is 9.67 Å². The molecule has 21 heavy (non-hydrogen) atoms. The zero-order valence-corrected chi connectivity index (χ0v) is 16.0. The Morgan fingerprint density at radius 1 is 1.29 bits per heavy atom. The molecule has 0 atom stereocenters. The zero-order valence-electron chi connectivity index (χ0n) is 12.1. The van der Waals surface area contributed by atoms with Crippen molar-refractivity contribution in [3.8, 4) is 0 Å².